The number of hydrogen-bond donors (Lipinski definition) is 1. The molecule has 0 spiro atoms. The lowest BCUT2D eigenvalue weighted by Crippen LogP contribution is -2.29. The molecule has 1 N–H and O–H groups in total. The Morgan fingerprint density at radius 1 is 1.13 bits per heavy atom. The van der Waals surface area contributed by atoms with Crippen molar-refractivity contribution in [3.63, 3.8) is 0 Å². The highest BCUT2D eigenvalue weighted by atomic mass is 16.3. The molecule has 118 valence electrons. The second kappa shape index (κ2) is 6.09. The van der Waals surface area contributed by atoms with Gasteiger partial charge in [-0.2, -0.15) is 0 Å². The number of fused-ring (bicyclic) bond motifs is 1. The molecule has 1 aliphatic rings. The quantitative estimate of drug-likeness (QED) is 0.878. The van der Waals surface area contributed by atoms with E-state index in [4.69, 9.17) is 10.1 Å². The molecule has 23 heavy (non-hydrogen) atoms. The summed E-state index contributed by atoms with van der Waals surface area (Å²) in [7, 11) is 0. The molecule has 0 fully saturated rings. The molecule has 2 aromatic rings. The maximum Gasteiger partial charge on any atom is 0.168 e. The summed E-state index contributed by atoms with van der Waals surface area (Å²) in [6.45, 7) is 4.19. The SMILES string of the molecule is CC1(C)Cc2ccccc2C(CC(=O)c2ccc(CO)cc2)=N1. The van der Waals surface area contributed by atoms with Crippen molar-refractivity contribution in [1.82, 2.24) is 0 Å². The summed E-state index contributed by atoms with van der Waals surface area (Å²) >= 11 is 0. The number of carbonyl (C=O) groups excluding carboxylic acids is 1. The first-order valence-electron chi connectivity index (χ1n) is 7.88. The third-order valence-electron chi connectivity index (χ3n) is 4.18. The topological polar surface area (TPSA) is 49.7 Å². The van der Waals surface area contributed by atoms with E-state index in [9.17, 15) is 4.79 Å². The second-order valence-electron chi connectivity index (χ2n) is 6.66. The Morgan fingerprint density at radius 3 is 2.52 bits per heavy atom. The van der Waals surface area contributed by atoms with Crippen molar-refractivity contribution < 1.29 is 9.90 Å². The Bertz CT molecular complexity index is 757. The van der Waals surface area contributed by atoms with Crippen molar-refractivity contribution in [1.29, 1.82) is 0 Å². The van der Waals surface area contributed by atoms with E-state index in [0.29, 0.717) is 12.0 Å². The molecule has 2 aromatic carbocycles. The first-order valence-corrected chi connectivity index (χ1v) is 7.88. The molecule has 0 amide bonds. The molecule has 3 nitrogen and oxygen atoms in total. The average molecular weight is 307 g/mol. The Hall–Kier alpha value is -2.26. The van der Waals surface area contributed by atoms with Gasteiger partial charge in [0, 0.05) is 5.56 Å². The van der Waals surface area contributed by atoms with Crippen LogP contribution in [0.2, 0.25) is 0 Å². The fourth-order valence-electron chi connectivity index (χ4n) is 3.07. The molecule has 0 aliphatic carbocycles. The number of aliphatic imine (C=N–C) groups is 1. The highest BCUT2D eigenvalue weighted by Gasteiger charge is 2.27. The number of carbonyl (C=O) groups is 1. The van der Waals surface area contributed by atoms with Gasteiger partial charge < -0.3 is 5.11 Å². The number of benzene rings is 2. The molecule has 3 heteroatoms. The summed E-state index contributed by atoms with van der Waals surface area (Å²) in [4.78, 5) is 17.4. The van der Waals surface area contributed by atoms with Crippen molar-refractivity contribution in [3.8, 4) is 0 Å². The van der Waals surface area contributed by atoms with Gasteiger partial charge in [-0.3, -0.25) is 9.79 Å². The van der Waals surface area contributed by atoms with Crippen LogP contribution in [0, 0.1) is 0 Å². The third-order valence-corrected chi connectivity index (χ3v) is 4.18. The average Bonchev–Trinajstić information content (AvgIpc) is 2.54. The fourth-order valence-corrected chi connectivity index (χ4v) is 3.07. The lowest BCUT2D eigenvalue weighted by molar-refractivity contribution is 0.100. The van der Waals surface area contributed by atoms with Gasteiger partial charge in [0.15, 0.2) is 5.78 Å². The number of ketones is 1. The largest absolute Gasteiger partial charge is 0.392 e. The lowest BCUT2D eigenvalue weighted by Gasteiger charge is -2.29. The van der Waals surface area contributed by atoms with E-state index in [-0.39, 0.29) is 17.9 Å². The summed E-state index contributed by atoms with van der Waals surface area (Å²) in [5, 5.41) is 9.09. The molecule has 0 saturated carbocycles. The van der Waals surface area contributed by atoms with Gasteiger partial charge in [0.2, 0.25) is 0 Å². The van der Waals surface area contributed by atoms with Crippen molar-refractivity contribution in [2.45, 2.75) is 38.8 Å². The normalized spacial score (nSPS) is 15.7. The summed E-state index contributed by atoms with van der Waals surface area (Å²) in [6.07, 6.45) is 1.20. The van der Waals surface area contributed by atoms with Gasteiger partial charge in [-0.15, -0.1) is 0 Å². The molecule has 0 bridgehead atoms. The second-order valence-corrected chi connectivity index (χ2v) is 6.66. The maximum absolute atomic E-state index is 12.6. The number of Topliss-reactive ketones (excluding diaryl/α,β-unsaturated/α-hetero) is 1. The van der Waals surface area contributed by atoms with Gasteiger partial charge in [0.25, 0.3) is 0 Å². The van der Waals surface area contributed by atoms with Crippen LogP contribution in [0.4, 0.5) is 0 Å². The zero-order valence-corrected chi connectivity index (χ0v) is 13.5. The molecule has 1 heterocycles. The molecular weight excluding hydrogens is 286 g/mol. The zero-order valence-electron chi connectivity index (χ0n) is 13.5. The van der Waals surface area contributed by atoms with Crippen molar-refractivity contribution >= 4 is 11.5 Å². The summed E-state index contributed by atoms with van der Waals surface area (Å²) < 4.78 is 0. The number of aliphatic hydroxyl groups is 1. The summed E-state index contributed by atoms with van der Waals surface area (Å²) in [6, 6.07) is 15.3. The molecule has 0 radical (unpaired) electrons. The minimum Gasteiger partial charge on any atom is -0.392 e. The minimum absolute atomic E-state index is 0.0112. The van der Waals surface area contributed by atoms with Gasteiger partial charge in [0.1, 0.15) is 0 Å². The van der Waals surface area contributed by atoms with Crippen LogP contribution in [0.5, 0.6) is 0 Å². The fraction of sp³-hybridized carbons (Fsp3) is 0.300. The first-order chi connectivity index (χ1) is 11.0. The molecule has 3 rings (SSSR count). The zero-order chi connectivity index (χ0) is 16.4. The predicted molar refractivity (Wildman–Crippen MR) is 92.1 cm³/mol. The van der Waals surface area contributed by atoms with Gasteiger partial charge in [-0.05, 0) is 37.0 Å². The van der Waals surface area contributed by atoms with Crippen LogP contribution in [-0.2, 0) is 13.0 Å². The molecule has 0 unspecified atom stereocenters. The van der Waals surface area contributed by atoms with Crippen LogP contribution >= 0.6 is 0 Å². The third kappa shape index (κ3) is 3.40. The highest BCUT2D eigenvalue weighted by molar-refractivity contribution is 6.16. The Balaban J connectivity index is 1.88. The minimum atomic E-state index is -0.176. The first kappa shape index (κ1) is 15.6. The van der Waals surface area contributed by atoms with E-state index >= 15 is 0 Å². The van der Waals surface area contributed by atoms with Crippen LogP contribution in [0.1, 0.15) is 47.3 Å². The van der Waals surface area contributed by atoms with Crippen LogP contribution in [0.3, 0.4) is 0 Å². The summed E-state index contributed by atoms with van der Waals surface area (Å²) in [5.41, 5.74) is 4.50. The molecule has 0 aromatic heterocycles. The number of hydrogen-bond acceptors (Lipinski definition) is 3. The van der Waals surface area contributed by atoms with E-state index in [1.165, 1.54) is 5.56 Å². The molecular formula is C20H21NO2. The van der Waals surface area contributed by atoms with Crippen LogP contribution < -0.4 is 0 Å². The van der Waals surface area contributed by atoms with Crippen molar-refractivity contribution in [2.75, 3.05) is 0 Å². The molecule has 0 atom stereocenters. The standard InChI is InChI=1S/C20H21NO2/c1-20(2)12-16-5-3-4-6-17(16)18(21-20)11-19(23)15-9-7-14(13-22)8-10-15/h3-10,22H,11-13H2,1-2H3. The van der Waals surface area contributed by atoms with E-state index in [2.05, 4.69) is 19.9 Å². The van der Waals surface area contributed by atoms with E-state index < -0.39 is 0 Å². The van der Waals surface area contributed by atoms with Crippen LogP contribution in [0.15, 0.2) is 53.5 Å². The summed E-state index contributed by atoms with van der Waals surface area (Å²) in [5.74, 6) is 0.0562. The van der Waals surface area contributed by atoms with Crippen molar-refractivity contribution in [3.05, 3.63) is 70.8 Å². The van der Waals surface area contributed by atoms with Crippen LogP contribution in [-0.4, -0.2) is 22.1 Å². The van der Waals surface area contributed by atoms with E-state index in [1.807, 2.05) is 18.2 Å². The number of nitrogens with zero attached hydrogens (tertiary/aromatic N) is 1. The van der Waals surface area contributed by atoms with E-state index in [0.717, 1.165) is 23.3 Å². The van der Waals surface area contributed by atoms with Crippen LogP contribution in [0.25, 0.3) is 0 Å². The maximum atomic E-state index is 12.6. The van der Waals surface area contributed by atoms with Gasteiger partial charge in [-0.25, -0.2) is 0 Å². The van der Waals surface area contributed by atoms with Gasteiger partial charge >= 0.3 is 0 Å². The Labute approximate surface area is 136 Å². The number of rotatable bonds is 4. The smallest absolute Gasteiger partial charge is 0.168 e. The highest BCUT2D eigenvalue weighted by Crippen LogP contribution is 2.28. The van der Waals surface area contributed by atoms with Crippen molar-refractivity contribution in [2.24, 2.45) is 4.99 Å². The predicted octanol–water partition coefficient (Wildman–Crippen LogP) is 3.58. The van der Waals surface area contributed by atoms with Gasteiger partial charge in [-0.1, -0.05) is 48.5 Å². The van der Waals surface area contributed by atoms with Gasteiger partial charge in [0.05, 0.1) is 24.3 Å². The monoisotopic (exact) mass is 307 g/mol. The molecule has 0 saturated heterocycles. The van der Waals surface area contributed by atoms with E-state index in [1.54, 1.807) is 24.3 Å². The molecule has 1 aliphatic heterocycles. The lowest BCUT2D eigenvalue weighted by atomic mass is 9.85. The Kier molecular flexibility index (Phi) is 4.14. The Morgan fingerprint density at radius 2 is 1.83 bits per heavy atom. The number of aliphatic hydroxyl groups excluding tert-OH is 1.